The molecule has 1 aromatic heterocycles. The Hall–Kier alpha value is -1.82. The van der Waals surface area contributed by atoms with E-state index in [1.807, 2.05) is 4.68 Å². The molecular weight excluding hydrogens is 257 g/mol. The minimum atomic E-state index is -0.210. The highest BCUT2D eigenvalue weighted by Gasteiger charge is 2.22. The molecule has 1 fully saturated rings. The molecular formula is C14H18FN5. The molecule has 3 rings (SSSR count). The Labute approximate surface area is 117 Å². The second kappa shape index (κ2) is 5.66. The molecule has 1 atom stereocenters. The molecule has 1 N–H and O–H groups in total. The zero-order valence-corrected chi connectivity index (χ0v) is 11.5. The molecule has 6 heteroatoms. The summed E-state index contributed by atoms with van der Waals surface area (Å²) < 4.78 is 14.7. The van der Waals surface area contributed by atoms with Gasteiger partial charge in [0.15, 0.2) is 5.82 Å². The highest BCUT2D eigenvalue weighted by atomic mass is 19.1. The van der Waals surface area contributed by atoms with Gasteiger partial charge in [-0.25, -0.2) is 9.07 Å². The van der Waals surface area contributed by atoms with Crippen LogP contribution in [0.5, 0.6) is 0 Å². The van der Waals surface area contributed by atoms with Crippen molar-refractivity contribution in [1.82, 2.24) is 25.5 Å². The third kappa shape index (κ3) is 3.19. The molecule has 0 aliphatic heterocycles. The molecule has 0 spiro atoms. The predicted molar refractivity (Wildman–Crippen MR) is 72.5 cm³/mol. The van der Waals surface area contributed by atoms with Gasteiger partial charge in [0.2, 0.25) is 0 Å². The van der Waals surface area contributed by atoms with E-state index in [1.54, 1.807) is 12.1 Å². The van der Waals surface area contributed by atoms with E-state index in [2.05, 4.69) is 27.8 Å². The first kappa shape index (κ1) is 13.2. The maximum Gasteiger partial charge on any atom is 0.165 e. The predicted octanol–water partition coefficient (Wildman–Crippen LogP) is 1.87. The number of halogens is 1. The maximum atomic E-state index is 12.9. The van der Waals surface area contributed by atoms with Gasteiger partial charge in [-0.2, -0.15) is 0 Å². The molecule has 1 aliphatic carbocycles. The van der Waals surface area contributed by atoms with Gasteiger partial charge in [0, 0.05) is 6.04 Å². The molecule has 0 radical (unpaired) electrons. The van der Waals surface area contributed by atoms with Crippen molar-refractivity contribution in [3.05, 3.63) is 41.5 Å². The average Bonchev–Trinajstić information content (AvgIpc) is 3.15. The monoisotopic (exact) mass is 275 g/mol. The number of hydrogen-bond donors (Lipinski definition) is 1. The molecule has 1 aromatic carbocycles. The fraction of sp³-hybridized carbons (Fsp3) is 0.500. The number of rotatable bonds is 6. The van der Waals surface area contributed by atoms with E-state index >= 15 is 0 Å². The second-order valence-electron chi connectivity index (χ2n) is 5.37. The van der Waals surface area contributed by atoms with Crippen molar-refractivity contribution in [2.24, 2.45) is 0 Å². The second-order valence-corrected chi connectivity index (χ2v) is 5.37. The molecule has 5 nitrogen and oxygen atoms in total. The van der Waals surface area contributed by atoms with Crippen molar-refractivity contribution in [1.29, 1.82) is 0 Å². The first-order valence-electron chi connectivity index (χ1n) is 6.97. The van der Waals surface area contributed by atoms with Gasteiger partial charge in [-0.05, 0) is 54.3 Å². The summed E-state index contributed by atoms with van der Waals surface area (Å²) in [5.41, 5.74) is 1.08. The number of tetrazole rings is 1. The third-order valence-electron chi connectivity index (χ3n) is 3.55. The van der Waals surface area contributed by atoms with Crippen molar-refractivity contribution >= 4 is 0 Å². The van der Waals surface area contributed by atoms with Crippen LogP contribution in [0.2, 0.25) is 0 Å². The molecule has 0 amide bonds. The SMILES string of the molecule is CC(Cc1ccc(F)cc1)n1nnnc1CNC1CC1. The Morgan fingerprint density at radius 2 is 2.10 bits per heavy atom. The third-order valence-corrected chi connectivity index (χ3v) is 3.55. The summed E-state index contributed by atoms with van der Waals surface area (Å²) in [6.45, 7) is 2.77. The Balaban J connectivity index is 1.65. The first-order chi connectivity index (χ1) is 9.72. The Bertz CT molecular complexity index is 561. The van der Waals surface area contributed by atoms with Crippen LogP contribution in [0.3, 0.4) is 0 Å². The van der Waals surface area contributed by atoms with Crippen LogP contribution in [0.15, 0.2) is 24.3 Å². The van der Waals surface area contributed by atoms with E-state index in [4.69, 9.17) is 0 Å². The topological polar surface area (TPSA) is 55.6 Å². The number of benzene rings is 1. The molecule has 1 heterocycles. The number of nitrogens with one attached hydrogen (secondary N) is 1. The lowest BCUT2D eigenvalue weighted by Crippen LogP contribution is -2.21. The summed E-state index contributed by atoms with van der Waals surface area (Å²) >= 11 is 0. The number of hydrogen-bond acceptors (Lipinski definition) is 4. The average molecular weight is 275 g/mol. The lowest BCUT2D eigenvalue weighted by molar-refractivity contribution is 0.448. The number of nitrogens with zero attached hydrogens (tertiary/aromatic N) is 4. The quantitative estimate of drug-likeness (QED) is 0.874. The summed E-state index contributed by atoms with van der Waals surface area (Å²) in [5, 5.41) is 15.3. The lowest BCUT2D eigenvalue weighted by Gasteiger charge is -2.13. The molecule has 20 heavy (non-hydrogen) atoms. The van der Waals surface area contributed by atoms with Crippen LogP contribution in [-0.2, 0) is 13.0 Å². The largest absolute Gasteiger partial charge is 0.307 e. The minimum Gasteiger partial charge on any atom is -0.307 e. The van der Waals surface area contributed by atoms with Crippen molar-refractivity contribution in [3.8, 4) is 0 Å². The van der Waals surface area contributed by atoms with Gasteiger partial charge in [-0.15, -0.1) is 5.10 Å². The van der Waals surface area contributed by atoms with Crippen molar-refractivity contribution < 1.29 is 4.39 Å². The summed E-state index contributed by atoms with van der Waals surface area (Å²) in [5.74, 6) is 0.643. The van der Waals surface area contributed by atoms with E-state index in [0.717, 1.165) is 17.8 Å². The normalized spacial score (nSPS) is 16.3. The van der Waals surface area contributed by atoms with Gasteiger partial charge in [0.05, 0.1) is 12.6 Å². The lowest BCUT2D eigenvalue weighted by atomic mass is 10.1. The number of aromatic nitrogens is 4. The Morgan fingerprint density at radius 3 is 2.80 bits per heavy atom. The summed E-state index contributed by atoms with van der Waals surface area (Å²) in [4.78, 5) is 0. The van der Waals surface area contributed by atoms with Gasteiger partial charge in [-0.1, -0.05) is 12.1 Å². The molecule has 0 bridgehead atoms. The van der Waals surface area contributed by atoms with Gasteiger partial charge in [-0.3, -0.25) is 0 Å². The molecule has 1 unspecified atom stereocenters. The van der Waals surface area contributed by atoms with E-state index in [0.29, 0.717) is 12.6 Å². The first-order valence-corrected chi connectivity index (χ1v) is 6.97. The van der Waals surface area contributed by atoms with Crippen LogP contribution in [-0.4, -0.2) is 26.2 Å². The van der Waals surface area contributed by atoms with E-state index in [-0.39, 0.29) is 11.9 Å². The smallest absolute Gasteiger partial charge is 0.165 e. The van der Waals surface area contributed by atoms with Crippen LogP contribution in [0.1, 0.15) is 37.2 Å². The standard InChI is InChI=1S/C14H18FN5/c1-10(8-11-2-4-12(15)5-3-11)20-14(17-18-19-20)9-16-13-6-7-13/h2-5,10,13,16H,6-9H2,1H3. The van der Waals surface area contributed by atoms with Gasteiger partial charge >= 0.3 is 0 Å². The summed E-state index contributed by atoms with van der Waals surface area (Å²) in [6, 6.07) is 7.35. The Kier molecular flexibility index (Phi) is 3.73. The minimum absolute atomic E-state index is 0.145. The van der Waals surface area contributed by atoms with Crippen LogP contribution >= 0.6 is 0 Å². The van der Waals surface area contributed by atoms with Crippen LogP contribution in [0.25, 0.3) is 0 Å². The van der Waals surface area contributed by atoms with Crippen LogP contribution < -0.4 is 5.32 Å². The zero-order valence-electron chi connectivity index (χ0n) is 11.5. The molecule has 0 saturated heterocycles. The van der Waals surface area contributed by atoms with Gasteiger partial charge in [0.25, 0.3) is 0 Å². The fourth-order valence-electron chi connectivity index (χ4n) is 2.24. The highest BCUT2D eigenvalue weighted by Crippen LogP contribution is 2.19. The summed E-state index contributed by atoms with van der Waals surface area (Å²) in [7, 11) is 0. The maximum absolute atomic E-state index is 12.9. The van der Waals surface area contributed by atoms with Crippen molar-refractivity contribution in [3.63, 3.8) is 0 Å². The Morgan fingerprint density at radius 1 is 1.35 bits per heavy atom. The fourth-order valence-corrected chi connectivity index (χ4v) is 2.24. The van der Waals surface area contributed by atoms with E-state index in [1.165, 1.54) is 25.0 Å². The van der Waals surface area contributed by atoms with Gasteiger partial charge in [0.1, 0.15) is 5.82 Å². The van der Waals surface area contributed by atoms with Crippen molar-refractivity contribution in [2.45, 2.75) is 44.8 Å². The van der Waals surface area contributed by atoms with Crippen LogP contribution in [0, 0.1) is 5.82 Å². The zero-order chi connectivity index (χ0) is 13.9. The van der Waals surface area contributed by atoms with E-state index in [9.17, 15) is 4.39 Å². The van der Waals surface area contributed by atoms with Gasteiger partial charge < -0.3 is 5.32 Å². The highest BCUT2D eigenvalue weighted by molar-refractivity contribution is 5.16. The molecule has 1 aliphatic rings. The molecule has 1 saturated carbocycles. The van der Waals surface area contributed by atoms with E-state index < -0.39 is 0 Å². The van der Waals surface area contributed by atoms with Crippen LogP contribution in [0.4, 0.5) is 4.39 Å². The molecule has 2 aromatic rings. The van der Waals surface area contributed by atoms with Crippen molar-refractivity contribution in [2.75, 3.05) is 0 Å². The molecule has 106 valence electrons. The summed E-state index contributed by atoms with van der Waals surface area (Å²) in [6.07, 6.45) is 3.27.